The Morgan fingerprint density at radius 3 is 2.49 bits per heavy atom. The number of carbonyl (C=O) groups is 2. The monoisotopic (exact) mass is 498 g/mol. The Bertz CT molecular complexity index is 1120. The number of piperidine rings is 1. The Labute approximate surface area is 210 Å². The summed E-state index contributed by atoms with van der Waals surface area (Å²) in [4.78, 5) is 31.3. The van der Waals surface area contributed by atoms with Gasteiger partial charge in [-0.15, -0.1) is 11.3 Å². The van der Waals surface area contributed by atoms with E-state index in [1.54, 1.807) is 30.6 Å². The number of aromatic carboxylic acids is 1. The largest absolute Gasteiger partial charge is 0.478 e. The minimum Gasteiger partial charge on any atom is -0.478 e. The number of aromatic nitrogens is 2. The summed E-state index contributed by atoms with van der Waals surface area (Å²) < 4.78 is 7.34. The Kier molecular flexibility index (Phi) is 9.45. The van der Waals surface area contributed by atoms with Crippen molar-refractivity contribution in [3.63, 3.8) is 0 Å². The van der Waals surface area contributed by atoms with E-state index in [2.05, 4.69) is 15.6 Å². The number of amides is 1. The van der Waals surface area contributed by atoms with E-state index < -0.39 is 5.97 Å². The van der Waals surface area contributed by atoms with Gasteiger partial charge < -0.3 is 24.6 Å². The highest BCUT2D eigenvalue weighted by Crippen LogP contribution is 2.26. The van der Waals surface area contributed by atoms with E-state index in [4.69, 9.17) is 14.8 Å². The van der Waals surface area contributed by atoms with Crippen LogP contribution in [0.15, 0.2) is 41.9 Å². The molecule has 0 radical (unpaired) electrons. The molecule has 188 valence electrons. The van der Waals surface area contributed by atoms with Gasteiger partial charge in [-0.2, -0.15) is 0 Å². The SMILES string of the molecule is CC.COC(C)c1cc(C(=O)Nc2ccc(C(=O)O)cc2)n(Cc2csc(N3CCCCC3)n2)c1. The van der Waals surface area contributed by atoms with Crippen LogP contribution in [-0.2, 0) is 11.3 Å². The van der Waals surface area contributed by atoms with Crippen LogP contribution in [0.3, 0.4) is 0 Å². The van der Waals surface area contributed by atoms with Crippen molar-refractivity contribution in [3.05, 3.63) is 64.4 Å². The van der Waals surface area contributed by atoms with Gasteiger partial charge in [-0.25, -0.2) is 9.78 Å². The number of carboxylic acid groups (broad SMARTS) is 1. The average Bonchev–Trinajstić information content (AvgIpc) is 3.53. The van der Waals surface area contributed by atoms with Crippen LogP contribution in [0.1, 0.15) is 78.2 Å². The number of carbonyl (C=O) groups excluding carboxylic acids is 1. The molecule has 35 heavy (non-hydrogen) atoms. The number of nitrogens with one attached hydrogen (secondary N) is 1. The maximum Gasteiger partial charge on any atom is 0.335 e. The topological polar surface area (TPSA) is 96.7 Å². The van der Waals surface area contributed by atoms with E-state index >= 15 is 0 Å². The van der Waals surface area contributed by atoms with Crippen LogP contribution < -0.4 is 10.2 Å². The highest BCUT2D eigenvalue weighted by molar-refractivity contribution is 7.13. The van der Waals surface area contributed by atoms with Gasteiger partial charge in [-0.1, -0.05) is 13.8 Å². The molecule has 9 heteroatoms. The summed E-state index contributed by atoms with van der Waals surface area (Å²) in [7, 11) is 1.64. The number of hydrogen-bond acceptors (Lipinski definition) is 6. The predicted molar refractivity (Wildman–Crippen MR) is 140 cm³/mol. The third-order valence-corrected chi connectivity index (χ3v) is 6.81. The van der Waals surface area contributed by atoms with Gasteiger partial charge >= 0.3 is 5.97 Å². The molecule has 0 aliphatic carbocycles. The van der Waals surface area contributed by atoms with Crippen molar-refractivity contribution >= 4 is 34.0 Å². The average molecular weight is 499 g/mol. The fourth-order valence-electron chi connectivity index (χ4n) is 3.88. The molecule has 3 aromatic rings. The van der Waals surface area contributed by atoms with Gasteiger partial charge in [0.15, 0.2) is 5.13 Å². The van der Waals surface area contributed by atoms with E-state index in [1.807, 2.05) is 37.6 Å². The van der Waals surface area contributed by atoms with Crippen LogP contribution in [0.5, 0.6) is 0 Å². The predicted octanol–water partition coefficient (Wildman–Crippen LogP) is 5.67. The van der Waals surface area contributed by atoms with E-state index in [1.165, 1.54) is 31.4 Å². The molecule has 1 amide bonds. The zero-order valence-corrected chi connectivity index (χ0v) is 21.6. The van der Waals surface area contributed by atoms with Crippen molar-refractivity contribution in [3.8, 4) is 0 Å². The number of thiazole rings is 1. The van der Waals surface area contributed by atoms with E-state index in [0.717, 1.165) is 29.5 Å². The van der Waals surface area contributed by atoms with Crippen molar-refractivity contribution in [2.75, 3.05) is 30.4 Å². The third-order valence-electron chi connectivity index (χ3n) is 5.86. The van der Waals surface area contributed by atoms with Gasteiger partial charge in [0.25, 0.3) is 5.91 Å². The summed E-state index contributed by atoms with van der Waals surface area (Å²) >= 11 is 1.64. The second-order valence-corrected chi connectivity index (χ2v) is 9.01. The van der Waals surface area contributed by atoms with Crippen molar-refractivity contribution in [1.29, 1.82) is 0 Å². The summed E-state index contributed by atoms with van der Waals surface area (Å²) in [6, 6.07) is 7.92. The third kappa shape index (κ3) is 6.70. The van der Waals surface area contributed by atoms with Crippen LogP contribution in [0.2, 0.25) is 0 Å². The van der Waals surface area contributed by atoms with Crippen LogP contribution in [0.25, 0.3) is 0 Å². The fourth-order valence-corrected chi connectivity index (χ4v) is 4.75. The number of ether oxygens (including phenoxy) is 1. The number of methoxy groups -OCH3 is 1. The first kappa shape index (κ1) is 26.4. The molecule has 0 spiro atoms. The highest BCUT2D eigenvalue weighted by atomic mass is 32.1. The summed E-state index contributed by atoms with van der Waals surface area (Å²) in [6.45, 7) is 8.49. The van der Waals surface area contributed by atoms with Crippen molar-refractivity contribution in [2.24, 2.45) is 0 Å². The molecular formula is C26H34N4O4S. The molecule has 1 saturated heterocycles. The maximum absolute atomic E-state index is 13.1. The number of benzene rings is 1. The molecular weight excluding hydrogens is 464 g/mol. The summed E-state index contributed by atoms with van der Waals surface area (Å²) in [6.07, 6.45) is 5.43. The molecule has 8 nitrogen and oxygen atoms in total. The van der Waals surface area contributed by atoms with E-state index in [9.17, 15) is 9.59 Å². The van der Waals surface area contributed by atoms with Crippen LogP contribution in [0, 0.1) is 0 Å². The van der Waals surface area contributed by atoms with Gasteiger partial charge in [0.2, 0.25) is 0 Å². The lowest BCUT2D eigenvalue weighted by atomic mass is 10.1. The Hall–Kier alpha value is -3.17. The molecule has 2 N–H and O–H groups in total. The molecule has 1 aliphatic heterocycles. The number of hydrogen-bond donors (Lipinski definition) is 2. The highest BCUT2D eigenvalue weighted by Gasteiger charge is 2.19. The molecule has 3 heterocycles. The lowest BCUT2D eigenvalue weighted by Crippen LogP contribution is -2.29. The van der Waals surface area contributed by atoms with Gasteiger partial charge in [0.1, 0.15) is 5.69 Å². The van der Waals surface area contributed by atoms with Gasteiger partial charge in [-0.3, -0.25) is 4.79 Å². The first-order valence-electron chi connectivity index (χ1n) is 12.0. The molecule has 0 saturated carbocycles. The van der Waals surface area contributed by atoms with E-state index in [0.29, 0.717) is 17.9 Å². The summed E-state index contributed by atoms with van der Waals surface area (Å²) in [5.41, 5.74) is 2.99. The second kappa shape index (κ2) is 12.5. The van der Waals surface area contributed by atoms with E-state index in [-0.39, 0.29) is 17.6 Å². The van der Waals surface area contributed by atoms with Crippen molar-refractivity contribution < 1.29 is 19.4 Å². The van der Waals surface area contributed by atoms with Crippen molar-refractivity contribution in [2.45, 2.75) is 52.7 Å². The Balaban J connectivity index is 0.00000167. The quantitative estimate of drug-likeness (QED) is 0.416. The van der Waals surface area contributed by atoms with Crippen LogP contribution in [0.4, 0.5) is 10.8 Å². The van der Waals surface area contributed by atoms with Crippen LogP contribution >= 0.6 is 11.3 Å². The first-order chi connectivity index (χ1) is 16.9. The smallest absolute Gasteiger partial charge is 0.335 e. The zero-order chi connectivity index (χ0) is 25.4. The zero-order valence-electron chi connectivity index (χ0n) is 20.8. The maximum atomic E-state index is 13.1. The van der Waals surface area contributed by atoms with Gasteiger partial charge in [-0.05, 0) is 62.1 Å². The minimum absolute atomic E-state index is 0.160. The molecule has 1 aliphatic rings. The molecule has 4 rings (SSSR count). The normalized spacial score (nSPS) is 14.1. The molecule has 0 bridgehead atoms. The first-order valence-corrected chi connectivity index (χ1v) is 12.9. The summed E-state index contributed by atoms with van der Waals surface area (Å²) in [5.74, 6) is -1.29. The molecule has 1 unspecified atom stereocenters. The number of rotatable bonds is 8. The van der Waals surface area contributed by atoms with Crippen molar-refractivity contribution in [1.82, 2.24) is 9.55 Å². The Morgan fingerprint density at radius 2 is 1.86 bits per heavy atom. The standard InChI is InChI=1S/C24H28N4O4S.C2H6/c1-16(32-2)18-12-21(22(29)25-19-8-6-17(7-9-19)23(30)31)28(13-18)14-20-15-33-24(26-20)27-10-4-3-5-11-27;1-2/h6-9,12-13,15-16H,3-5,10-11,14H2,1-2H3,(H,25,29)(H,30,31);1-2H3. The molecule has 1 atom stereocenters. The lowest BCUT2D eigenvalue weighted by molar-refractivity contribution is 0.0696. The molecule has 1 aromatic carbocycles. The number of carboxylic acids is 1. The Morgan fingerprint density at radius 1 is 1.17 bits per heavy atom. The van der Waals surface area contributed by atoms with Gasteiger partial charge in [0, 0.05) is 37.5 Å². The number of anilines is 2. The summed E-state index contributed by atoms with van der Waals surface area (Å²) in [5, 5.41) is 15.0. The molecule has 1 fully saturated rings. The second-order valence-electron chi connectivity index (χ2n) is 8.17. The van der Waals surface area contributed by atoms with Crippen LogP contribution in [-0.4, -0.2) is 46.7 Å². The minimum atomic E-state index is -1.01. The fraction of sp³-hybridized carbons (Fsp3) is 0.423. The van der Waals surface area contributed by atoms with Gasteiger partial charge in [0.05, 0.1) is 23.9 Å². The lowest BCUT2D eigenvalue weighted by Gasteiger charge is -2.25. The molecule has 2 aromatic heterocycles. The number of nitrogens with zero attached hydrogens (tertiary/aromatic N) is 3.